The van der Waals surface area contributed by atoms with Gasteiger partial charge >= 0.3 is 0 Å². The summed E-state index contributed by atoms with van der Waals surface area (Å²) in [5.41, 5.74) is 1.23. The highest BCUT2D eigenvalue weighted by Crippen LogP contribution is 2.29. The van der Waals surface area contributed by atoms with Crippen LogP contribution in [0, 0.1) is 0 Å². The van der Waals surface area contributed by atoms with E-state index in [0.717, 1.165) is 19.4 Å². The summed E-state index contributed by atoms with van der Waals surface area (Å²) in [6.07, 6.45) is 1.55. The van der Waals surface area contributed by atoms with Gasteiger partial charge in [0.25, 0.3) is 0 Å². The van der Waals surface area contributed by atoms with Gasteiger partial charge in [-0.3, -0.25) is 9.69 Å². The number of carbonyl (C=O) groups excluding carboxylic acids is 1. The summed E-state index contributed by atoms with van der Waals surface area (Å²) in [4.78, 5) is 16.8. The van der Waals surface area contributed by atoms with E-state index in [4.69, 9.17) is 14.2 Å². The maximum Gasteiger partial charge on any atom is 0.225 e. The lowest BCUT2D eigenvalue weighted by molar-refractivity contribution is -0.162. The molecule has 7 nitrogen and oxygen atoms in total. The van der Waals surface area contributed by atoms with Gasteiger partial charge in [0.15, 0.2) is 0 Å². The maximum atomic E-state index is 12.6. The highest BCUT2D eigenvalue weighted by Gasteiger charge is 2.38. The lowest BCUT2D eigenvalue weighted by Gasteiger charge is -2.44. The highest BCUT2D eigenvalue weighted by atomic mass is 16.5. The Kier molecular flexibility index (Phi) is 7.15. The predicted molar refractivity (Wildman–Crippen MR) is 107 cm³/mol. The summed E-state index contributed by atoms with van der Waals surface area (Å²) < 4.78 is 17.4. The fourth-order valence-electron chi connectivity index (χ4n) is 4.58. The lowest BCUT2D eigenvalue weighted by atomic mass is 9.94. The Morgan fingerprint density at radius 2 is 1.86 bits per heavy atom. The molecule has 1 aromatic carbocycles. The number of carbonyl (C=O) groups is 1. The molecule has 4 atom stereocenters. The standard InChI is InChI=1S/C22H32N2O5/c25-18-14-24(13-17-4-2-1-3-5-17)20-7-6-19(29-21(20)16-28-15-18)12-22(26)23-8-10-27-11-9-23/h1-5,18-21,25H,6-16H2/t18-,19+,20-,21+/m1/s1. The van der Waals surface area contributed by atoms with Crippen molar-refractivity contribution in [2.24, 2.45) is 0 Å². The first-order chi connectivity index (χ1) is 14.2. The molecule has 7 heteroatoms. The lowest BCUT2D eigenvalue weighted by Crippen LogP contribution is -2.55. The number of hydrogen-bond donors (Lipinski definition) is 1. The Labute approximate surface area is 172 Å². The highest BCUT2D eigenvalue weighted by molar-refractivity contribution is 5.76. The molecule has 0 radical (unpaired) electrons. The van der Waals surface area contributed by atoms with E-state index >= 15 is 0 Å². The van der Waals surface area contributed by atoms with E-state index < -0.39 is 6.10 Å². The van der Waals surface area contributed by atoms with Crippen molar-refractivity contribution >= 4 is 5.91 Å². The van der Waals surface area contributed by atoms with Gasteiger partial charge in [-0.2, -0.15) is 0 Å². The average Bonchev–Trinajstić information content (AvgIpc) is 2.74. The molecule has 160 valence electrons. The van der Waals surface area contributed by atoms with Crippen molar-refractivity contribution in [1.29, 1.82) is 0 Å². The molecule has 0 saturated carbocycles. The molecule has 3 aliphatic heterocycles. The first-order valence-electron chi connectivity index (χ1n) is 10.7. The molecule has 1 aromatic rings. The van der Waals surface area contributed by atoms with Crippen LogP contribution in [0.25, 0.3) is 0 Å². The van der Waals surface area contributed by atoms with E-state index in [1.807, 2.05) is 23.1 Å². The maximum absolute atomic E-state index is 12.6. The number of benzene rings is 1. The molecule has 3 fully saturated rings. The molecular formula is C22H32N2O5. The molecule has 1 N–H and O–H groups in total. The van der Waals surface area contributed by atoms with Crippen molar-refractivity contribution < 1.29 is 24.1 Å². The van der Waals surface area contributed by atoms with E-state index in [2.05, 4.69) is 17.0 Å². The third kappa shape index (κ3) is 5.55. The third-order valence-corrected chi connectivity index (χ3v) is 6.08. The van der Waals surface area contributed by atoms with E-state index in [1.165, 1.54) is 5.56 Å². The zero-order valence-corrected chi connectivity index (χ0v) is 16.9. The second kappa shape index (κ2) is 10.00. The van der Waals surface area contributed by atoms with Crippen LogP contribution in [0.5, 0.6) is 0 Å². The summed E-state index contributed by atoms with van der Waals surface area (Å²) in [5.74, 6) is 0.153. The SMILES string of the molecule is O=C(C[C@@H]1CC[C@@H]2[C@H](COC[C@H](O)CN2Cc2ccccc2)O1)N1CCOCC1. The molecule has 3 heterocycles. The number of aliphatic hydroxyl groups excluding tert-OH is 1. The number of morpholine rings is 1. The number of β-amino-alcohol motifs (C(OH)–C–C–N with tert-alkyl or cyclic N) is 1. The molecular weight excluding hydrogens is 372 g/mol. The van der Waals surface area contributed by atoms with Crippen LogP contribution >= 0.6 is 0 Å². The Morgan fingerprint density at radius 1 is 1.07 bits per heavy atom. The smallest absolute Gasteiger partial charge is 0.225 e. The minimum Gasteiger partial charge on any atom is -0.389 e. The van der Waals surface area contributed by atoms with Gasteiger partial charge in [-0.15, -0.1) is 0 Å². The number of hydrogen-bond acceptors (Lipinski definition) is 6. The predicted octanol–water partition coefficient (Wildman–Crippen LogP) is 1.04. The molecule has 0 aromatic heterocycles. The minimum absolute atomic E-state index is 0.0712. The van der Waals surface area contributed by atoms with Crippen molar-refractivity contribution in [1.82, 2.24) is 9.80 Å². The van der Waals surface area contributed by atoms with E-state index in [1.54, 1.807) is 0 Å². The Morgan fingerprint density at radius 3 is 2.66 bits per heavy atom. The van der Waals surface area contributed by atoms with Gasteiger partial charge in [0, 0.05) is 32.2 Å². The monoisotopic (exact) mass is 404 g/mol. The summed E-state index contributed by atoms with van der Waals surface area (Å²) in [7, 11) is 0. The average molecular weight is 405 g/mol. The number of rotatable bonds is 4. The molecule has 29 heavy (non-hydrogen) atoms. The van der Waals surface area contributed by atoms with Crippen molar-refractivity contribution in [3.05, 3.63) is 35.9 Å². The van der Waals surface area contributed by atoms with Gasteiger partial charge in [-0.05, 0) is 18.4 Å². The summed E-state index contributed by atoms with van der Waals surface area (Å²) in [6, 6.07) is 10.5. The zero-order valence-electron chi connectivity index (χ0n) is 16.9. The van der Waals surface area contributed by atoms with E-state index in [0.29, 0.717) is 52.5 Å². The van der Waals surface area contributed by atoms with Gasteiger partial charge in [0.1, 0.15) is 0 Å². The number of fused-ring (bicyclic) bond motifs is 1. The minimum atomic E-state index is -0.500. The van der Waals surface area contributed by atoms with Crippen LogP contribution in [0.2, 0.25) is 0 Å². The molecule has 0 aliphatic carbocycles. The normalized spacial score (nSPS) is 31.6. The van der Waals surface area contributed by atoms with Crippen LogP contribution in [-0.2, 0) is 25.5 Å². The fraction of sp³-hybridized carbons (Fsp3) is 0.682. The Balaban J connectivity index is 1.39. The molecule has 0 spiro atoms. The fourth-order valence-corrected chi connectivity index (χ4v) is 4.58. The quantitative estimate of drug-likeness (QED) is 0.809. The van der Waals surface area contributed by atoms with E-state index in [9.17, 15) is 9.90 Å². The Bertz CT molecular complexity index is 652. The van der Waals surface area contributed by atoms with Gasteiger partial charge in [-0.1, -0.05) is 30.3 Å². The van der Waals surface area contributed by atoms with Crippen molar-refractivity contribution in [3.8, 4) is 0 Å². The summed E-state index contributed by atoms with van der Waals surface area (Å²) >= 11 is 0. The topological polar surface area (TPSA) is 71.5 Å². The number of aliphatic hydroxyl groups is 1. The van der Waals surface area contributed by atoms with Crippen LogP contribution in [0.1, 0.15) is 24.8 Å². The van der Waals surface area contributed by atoms with Crippen LogP contribution in [0.15, 0.2) is 30.3 Å². The Hall–Kier alpha value is -1.51. The molecule has 1 amide bonds. The third-order valence-electron chi connectivity index (χ3n) is 6.08. The van der Waals surface area contributed by atoms with Crippen LogP contribution in [0.3, 0.4) is 0 Å². The van der Waals surface area contributed by atoms with Gasteiger partial charge in [0.05, 0.1) is 51.2 Å². The molecule has 4 rings (SSSR count). The van der Waals surface area contributed by atoms with E-state index in [-0.39, 0.29) is 24.2 Å². The van der Waals surface area contributed by atoms with Crippen molar-refractivity contribution in [2.45, 2.75) is 50.2 Å². The first kappa shape index (κ1) is 20.8. The number of nitrogens with zero attached hydrogens (tertiary/aromatic N) is 2. The van der Waals surface area contributed by atoms with Crippen molar-refractivity contribution in [2.75, 3.05) is 46.1 Å². The number of amides is 1. The summed E-state index contributed by atoms with van der Waals surface area (Å²) in [5, 5.41) is 10.3. The van der Waals surface area contributed by atoms with Gasteiger partial charge in [0.2, 0.25) is 5.91 Å². The second-order valence-electron chi connectivity index (χ2n) is 8.24. The first-order valence-corrected chi connectivity index (χ1v) is 10.7. The molecule has 3 aliphatic rings. The molecule has 0 unspecified atom stereocenters. The van der Waals surface area contributed by atoms with Crippen molar-refractivity contribution in [3.63, 3.8) is 0 Å². The molecule has 0 bridgehead atoms. The van der Waals surface area contributed by atoms with Gasteiger partial charge < -0.3 is 24.2 Å². The largest absolute Gasteiger partial charge is 0.389 e. The van der Waals surface area contributed by atoms with Gasteiger partial charge in [-0.25, -0.2) is 0 Å². The zero-order chi connectivity index (χ0) is 20.1. The van der Waals surface area contributed by atoms with Crippen LogP contribution < -0.4 is 0 Å². The number of ether oxygens (including phenoxy) is 3. The van der Waals surface area contributed by atoms with Crippen LogP contribution in [0.4, 0.5) is 0 Å². The summed E-state index contributed by atoms with van der Waals surface area (Å²) in [6.45, 7) is 4.69. The van der Waals surface area contributed by atoms with Crippen LogP contribution in [-0.4, -0.2) is 91.2 Å². The molecule has 3 saturated heterocycles. The second-order valence-corrected chi connectivity index (χ2v) is 8.24.